The third-order valence-corrected chi connectivity index (χ3v) is 3.06. The molecule has 1 saturated carbocycles. The predicted molar refractivity (Wildman–Crippen MR) is 50.8 cm³/mol. The normalized spacial score (nSPS) is 25.2. The topological polar surface area (TPSA) is 46.2 Å². The number of hydrogen-bond donors (Lipinski definition) is 2. The van der Waals surface area contributed by atoms with E-state index in [0.717, 1.165) is 6.42 Å². The van der Waals surface area contributed by atoms with E-state index < -0.39 is 0 Å². The molecule has 0 saturated heterocycles. The van der Waals surface area contributed by atoms with E-state index in [2.05, 4.69) is 0 Å². The Balaban J connectivity index is 2.33. The highest BCUT2D eigenvalue weighted by Crippen LogP contribution is 2.27. The second-order valence-corrected chi connectivity index (χ2v) is 3.95. The molecule has 1 aliphatic carbocycles. The lowest BCUT2D eigenvalue weighted by Crippen LogP contribution is -2.41. The van der Waals surface area contributed by atoms with Crippen molar-refractivity contribution in [2.24, 2.45) is 11.7 Å². The van der Waals surface area contributed by atoms with Gasteiger partial charge in [0.1, 0.15) is 0 Å². The van der Waals surface area contributed by atoms with E-state index in [4.69, 9.17) is 5.73 Å². The third kappa shape index (κ3) is 2.46. The fourth-order valence-electron chi connectivity index (χ4n) is 2.11. The number of hydrogen-bond acceptors (Lipinski definition) is 2. The largest absolute Gasteiger partial charge is 0.392 e. The van der Waals surface area contributed by atoms with Crippen molar-refractivity contribution in [3.8, 4) is 0 Å². The monoisotopic (exact) mass is 171 g/mol. The summed E-state index contributed by atoms with van der Waals surface area (Å²) < 4.78 is 0. The lowest BCUT2D eigenvalue weighted by molar-refractivity contribution is 0.100. The van der Waals surface area contributed by atoms with Crippen LogP contribution in [0.3, 0.4) is 0 Å². The van der Waals surface area contributed by atoms with Crippen molar-refractivity contribution in [1.82, 2.24) is 0 Å². The van der Waals surface area contributed by atoms with E-state index in [1.807, 2.05) is 6.92 Å². The minimum Gasteiger partial charge on any atom is -0.392 e. The molecule has 3 N–H and O–H groups in total. The summed E-state index contributed by atoms with van der Waals surface area (Å²) in [5.41, 5.74) is 5.95. The molecular weight excluding hydrogens is 150 g/mol. The van der Waals surface area contributed by atoms with Crippen LogP contribution in [0.4, 0.5) is 0 Å². The Morgan fingerprint density at radius 2 is 1.92 bits per heavy atom. The van der Waals surface area contributed by atoms with Crippen LogP contribution in [-0.4, -0.2) is 17.3 Å². The van der Waals surface area contributed by atoms with Crippen LogP contribution in [0.1, 0.15) is 45.4 Å². The first-order valence-corrected chi connectivity index (χ1v) is 5.19. The van der Waals surface area contributed by atoms with Gasteiger partial charge in [0.15, 0.2) is 0 Å². The van der Waals surface area contributed by atoms with Gasteiger partial charge in [-0.2, -0.15) is 0 Å². The van der Waals surface area contributed by atoms with E-state index in [-0.39, 0.29) is 12.1 Å². The summed E-state index contributed by atoms with van der Waals surface area (Å²) in [4.78, 5) is 0. The van der Waals surface area contributed by atoms with Gasteiger partial charge in [0, 0.05) is 6.04 Å². The van der Waals surface area contributed by atoms with Gasteiger partial charge in [-0.1, -0.05) is 26.2 Å². The molecule has 2 atom stereocenters. The summed E-state index contributed by atoms with van der Waals surface area (Å²) in [6, 6.07) is 0.0234. The van der Waals surface area contributed by atoms with Crippen molar-refractivity contribution in [1.29, 1.82) is 0 Å². The van der Waals surface area contributed by atoms with Crippen molar-refractivity contribution in [3.05, 3.63) is 0 Å². The number of rotatable bonds is 3. The molecule has 2 nitrogen and oxygen atoms in total. The van der Waals surface area contributed by atoms with Gasteiger partial charge in [-0.3, -0.25) is 0 Å². The third-order valence-electron chi connectivity index (χ3n) is 3.06. The Morgan fingerprint density at radius 3 is 2.42 bits per heavy atom. The molecule has 0 amide bonds. The Bertz CT molecular complexity index is 121. The first-order valence-electron chi connectivity index (χ1n) is 5.19. The van der Waals surface area contributed by atoms with Crippen LogP contribution in [0.5, 0.6) is 0 Å². The number of nitrogens with two attached hydrogens (primary N) is 1. The van der Waals surface area contributed by atoms with Crippen LogP contribution < -0.4 is 5.73 Å². The molecule has 0 aromatic rings. The summed E-state index contributed by atoms with van der Waals surface area (Å²) in [5, 5.41) is 9.55. The lowest BCUT2D eigenvalue weighted by atomic mass is 9.82. The molecule has 0 aliphatic heterocycles. The van der Waals surface area contributed by atoms with Gasteiger partial charge in [0.05, 0.1) is 6.10 Å². The Hall–Kier alpha value is -0.0800. The summed E-state index contributed by atoms with van der Waals surface area (Å²) in [6.45, 7) is 1.99. The SMILES string of the molecule is CC[C@H](O)[C@H](N)C1CCCCC1. The van der Waals surface area contributed by atoms with Crippen molar-refractivity contribution in [3.63, 3.8) is 0 Å². The molecule has 72 valence electrons. The molecule has 0 spiro atoms. The van der Waals surface area contributed by atoms with Crippen LogP contribution in [0.15, 0.2) is 0 Å². The van der Waals surface area contributed by atoms with Gasteiger partial charge in [-0.05, 0) is 25.2 Å². The molecule has 1 fully saturated rings. The molecule has 0 unspecified atom stereocenters. The van der Waals surface area contributed by atoms with Gasteiger partial charge >= 0.3 is 0 Å². The molecule has 1 aliphatic rings. The highest BCUT2D eigenvalue weighted by Gasteiger charge is 2.24. The zero-order chi connectivity index (χ0) is 8.97. The standard InChI is InChI=1S/C10H21NO/c1-2-9(12)10(11)8-6-4-3-5-7-8/h8-10,12H,2-7,11H2,1H3/t9-,10+/m0/s1. The molecule has 0 aromatic heterocycles. The van der Waals surface area contributed by atoms with Gasteiger partial charge in [0.2, 0.25) is 0 Å². The van der Waals surface area contributed by atoms with Crippen LogP contribution in [0, 0.1) is 5.92 Å². The van der Waals surface area contributed by atoms with Crippen molar-refractivity contribution >= 4 is 0 Å². The minimum absolute atomic E-state index is 0.0234. The van der Waals surface area contributed by atoms with Crippen LogP contribution in [-0.2, 0) is 0 Å². The van der Waals surface area contributed by atoms with E-state index in [0.29, 0.717) is 5.92 Å². The number of aliphatic hydroxyl groups excluding tert-OH is 1. The van der Waals surface area contributed by atoms with Gasteiger partial charge in [-0.25, -0.2) is 0 Å². The maximum atomic E-state index is 9.55. The highest BCUT2D eigenvalue weighted by atomic mass is 16.3. The maximum absolute atomic E-state index is 9.55. The minimum atomic E-state index is -0.284. The van der Waals surface area contributed by atoms with E-state index in [9.17, 15) is 5.11 Å². The first kappa shape index (κ1) is 10.0. The molecule has 0 radical (unpaired) electrons. The summed E-state index contributed by atoms with van der Waals surface area (Å²) in [7, 11) is 0. The molecule has 12 heavy (non-hydrogen) atoms. The summed E-state index contributed by atoms with van der Waals surface area (Å²) in [5.74, 6) is 0.577. The van der Waals surface area contributed by atoms with E-state index in [1.54, 1.807) is 0 Å². The molecule has 0 bridgehead atoms. The molecule has 1 rings (SSSR count). The molecule has 2 heteroatoms. The van der Waals surface area contributed by atoms with Gasteiger partial charge < -0.3 is 10.8 Å². The van der Waals surface area contributed by atoms with Crippen molar-refractivity contribution in [2.45, 2.75) is 57.6 Å². The quantitative estimate of drug-likeness (QED) is 0.678. The summed E-state index contributed by atoms with van der Waals surface area (Å²) in [6.07, 6.45) is 6.90. The molecule has 0 heterocycles. The van der Waals surface area contributed by atoms with Gasteiger partial charge in [-0.15, -0.1) is 0 Å². The summed E-state index contributed by atoms with van der Waals surface area (Å²) >= 11 is 0. The lowest BCUT2D eigenvalue weighted by Gasteiger charge is -2.30. The smallest absolute Gasteiger partial charge is 0.0691 e. The van der Waals surface area contributed by atoms with Crippen molar-refractivity contribution < 1.29 is 5.11 Å². The molecule has 0 aromatic carbocycles. The van der Waals surface area contributed by atoms with Crippen LogP contribution in [0.2, 0.25) is 0 Å². The Kier molecular flexibility index (Phi) is 4.02. The Labute approximate surface area is 75.2 Å². The van der Waals surface area contributed by atoms with Gasteiger partial charge in [0.25, 0.3) is 0 Å². The second kappa shape index (κ2) is 4.83. The highest BCUT2D eigenvalue weighted by molar-refractivity contribution is 4.81. The predicted octanol–water partition coefficient (Wildman–Crippen LogP) is 1.66. The van der Waals surface area contributed by atoms with E-state index in [1.165, 1.54) is 32.1 Å². The fraction of sp³-hybridized carbons (Fsp3) is 1.00. The van der Waals surface area contributed by atoms with E-state index >= 15 is 0 Å². The fourth-order valence-corrected chi connectivity index (χ4v) is 2.11. The average molecular weight is 171 g/mol. The van der Waals surface area contributed by atoms with Crippen molar-refractivity contribution in [2.75, 3.05) is 0 Å². The number of aliphatic hydroxyl groups is 1. The Morgan fingerprint density at radius 1 is 1.33 bits per heavy atom. The first-order chi connectivity index (χ1) is 5.75. The molecular formula is C10H21NO. The van der Waals surface area contributed by atoms with Crippen LogP contribution >= 0.6 is 0 Å². The van der Waals surface area contributed by atoms with Crippen LogP contribution in [0.25, 0.3) is 0 Å². The maximum Gasteiger partial charge on any atom is 0.0691 e. The second-order valence-electron chi connectivity index (χ2n) is 3.95. The average Bonchev–Trinajstić information content (AvgIpc) is 2.17. The zero-order valence-electron chi connectivity index (χ0n) is 8.00. The zero-order valence-corrected chi connectivity index (χ0v) is 8.00.